The molecule has 1 amide bonds. The number of rotatable bonds is 8. The molecule has 1 heterocycles. The predicted octanol–water partition coefficient (Wildman–Crippen LogP) is 3.63. The lowest BCUT2D eigenvalue weighted by Gasteiger charge is -2.12. The number of benzene rings is 2. The Morgan fingerprint density at radius 2 is 1.70 bits per heavy atom. The van der Waals surface area contributed by atoms with E-state index in [0.29, 0.717) is 28.2 Å². The highest BCUT2D eigenvalue weighted by molar-refractivity contribution is 8.00. The molecule has 30 heavy (non-hydrogen) atoms. The van der Waals surface area contributed by atoms with Crippen LogP contribution in [-0.2, 0) is 11.8 Å². The number of thioether (sulfide) groups is 1. The fourth-order valence-electron chi connectivity index (χ4n) is 2.77. The van der Waals surface area contributed by atoms with Gasteiger partial charge >= 0.3 is 0 Å². The number of hydrogen-bond donors (Lipinski definition) is 1. The Labute approximate surface area is 179 Å². The Morgan fingerprint density at radius 1 is 1.00 bits per heavy atom. The van der Waals surface area contributed by atoms with E-state index in [9.17, 15) is 4.79 Å². The molecule has 0 aliphatic heterocycles. The van der Waals surface area contributed by atoms with Gasteiger partial charge < -0.3 is 24.1 Å². The molecule has 0 spiro atoms. The molecule has 0 saturated heterocycles. The number of ether oxygens (including phenoxy) is 3. The fraction of sp³-hybridized carbons (Fsp3) is 0.286. The average molecular weight is 429 g/mol. The van der Waals surface area contributed by atoms with Crippen LogP contribution in [0.2, 0.25) is 0 Å². The Balaban J connectivity index is 1.71. The zero-order valence-electron chi connectivity index (χ0n) is 17.5. The minimum atomic E-state index is -0.367. The van der Waals surface area contributed by atoms with Gasteiger partial charge in [-0.3, -0.25) is 4.79 Å². The maximum absolute atomic E-state index is 12.6. The number of aromatic nitrogens is 3. The molecule has 8 nitrogen and oxygen atoms in total. The summed E-state index contributed by atoms with van der Waals surface area (Å²) in [5.74, 6) is 2.53. The van der Waals surface area contributed by atoms with E-state index in [4.69, 9.17) is 14.2 Å². The lowest BCUT2D eigenvalue weighted by atomic mass is 10.2. The number of nitrogens with zero attached hydrogens (tertiary/aromatic N) is 3. The molecule has 3 aromatic rings. The number of carbonyl (C=O) groups excluding carboxylic acids is 1. The largest absolute Gasteiger partial charge is 0.497 e. The lowest BCUT2D eigenvalue weighted by Crippen LogP contribution is -2.22. The van der Waals surface area contributed by atoms with Crippen LogP contribution >= 0.6 is 11.8 Å². The molecule has 1 aromatic heterocycles. The number of amides is 1. The SMILES string of the molecule is COc1ccc(NC(=O)[C@@H](C)Sc2nnc(-c3ccc(OC)c(OC)c3)n2C)cc1. The minimum absolute atomic E-state index is 0.124. The number of nitrogens with one attached hydrogen (secondary N) is 1. The van der Waals surface area contributed by atoms with Crippen molar-refractivity contribution in [1.29, 1.82) is 0 Å². The summed E-state index contributed by atoms with van der Waals surface area (Å²) in [6, 6.07) is 12.7. The van der Waals surface area contributed by atoms with Gasteiger partial charge in [0.05, 0.1) is 26.6 Å². The summed E-state index contributed by atoms with van der Waals surface area (Å²) in [7, 11) is 6.64. The van der Waals surface area contributed by atoms with Crippen molar-refractivity contribution >= 4 is 23.4 Å². The highest BCUT2D eigenvalue weighted by atomic mass is 32.2. The van der Waals surface area contributed by atoms with Crippen molar-refractivity contribution in [1.82, 2.24) is 14.8 Å². The predicted molar refractivity (Wildman–Crippen MR) is 116 cm³/mol. The van der Waals surface area contributed by atoms with Crippen LogP contribution in [0.4, 0.5) is 5.69 Å². The molecule has 158 valence electrons. The second-order valence-corrected chi connectivity index (χ2v) is 7.72. The van der Waals surface area contributed by atoms with Crippen molar-refractivity contribution in [3.8, 4) is 28.6 Å². The highest BCUT2D eigenvalue weighted by Gasteiger charge is 2.20. The number of hydrogen-bond acceptors (Lipinski definition) is 7. The van der Waals surface area contributed by atoms with E-state index >= 15 is 0 Å². The Kier molecular flexibility index (Phi) is 6.83. The number of anilines is 1. The zero-order valence-corrected chi connectivity index (χ0v) is 18.3. The monoisotopic (exact) mass is 428 g/mol. The molecule has 0 unspecified atom stereocenters. The first-order chi connectivity index (χ1) is 14.5. The molecular formula is C21H24N4O4S. The molecule has 0 bridgehead atoms. The first-order valence-corrected chi connectivity index (χ1v) is 10.1. The van der Waals surface area contributed by atoms with E-state index in [1.807, 2.05) is 36.7 Å². The van der Waals surface area contributed by atoms with E-state index in [2.05, 4.69) is 15.5 Å². The number of carbonyl (C=O) groups is 1. The van der Waals surface area contributed by atoms with E-state index in [-0.39, 0.29) is 11.2 Å². The van der Waals surface area contributed by atoms with Crippen LogP contribution in [-0.4, -0.2) is 47.3 Å². The lowest BCUT2D eigenvalue weighted by molar-refractivity contribution is -0.115. The maximum atomic E-state index is 12.6. The van der Waals surface area contributed by atoms with Gasteiger partial charge in [-0.1, -0.05) is 11.8 Å². The van der Waals surface area contributed by atoms with Crippen molar-refractivity contribution in [2.75, 3.05) is 26.6 Å². The van der Waals surface area contributed by atoms with Gasteiger partial charge in [0, 0.05) is 18.3 Å². The molecule has 0 fully saturated rings. The van der Waals surface area contributed by atoms with E-state index in [1.54, 1.807) is 45.6 Å². The normalized spacial score (nSPS) is 11.6. The van der Waals surface area contributed by atoms with Crippen LogP contribution in [0.3, 0.4) is 0 Å². The van der Waals surface area contributed by atoms with Crippen LogP contribution in [0.1, 0.15) is 6.92 Å². The summed E-state index contributed by atoms with van der Waals surface area (Å²) in [4.78, 5) is 12.6. The maximum Gasteiger partial charge on any atom is 0.237 e. The van der Waals surface area contributed by atoms with Gasteiger partial charge in [-0.25, -0.2) is 0 Å². The minimum Gasteiger partial charge on any atom is -0.497 e. The van der Waals surface area contributed by atoms with Crippen molar-refractivity contribution < 1.29 is 19.0 Å². The highest BCUT2D eigenvalue weighted by Crippen LogP contribution is 2.33. The van der Waals surface area contributed by atoms with E-state index in [0.717, 1.165) is 11.3 Å². The smallest absolute Gasteiger partial charge is 0.237 e. The van der Waals surface area contributed by atoms with Crippen molar-refractivity contribution in [2.24, 2.45) is 7.05 Å². The average Bonchev–Trinajstić information content (AvgIpc) is 3.13. The summed E-state index contributed by atoms with van der Waals surface area (Å²) in [5, 5.41) is 11.7. The molecular weight excluding hydrogens is 404 g/mol. The number of methoxy groups -OCH3 is 3. The molecule has 9 heteroatoms. The molecule has 1 atom stereocenters. The summed E-state index contributed by atoms with van der Waals surface area (Å²) < 4.78 is 17.6. The summed E-state index contributed by atoms with van der Waals surface area (Å²) >= 11 is 1.33. The molecule has 0 aliphatic rings. The molecule has 1 N–H and O–H groups in total. The van der Waals surface area contributed by atoms with Gasteiger partial charge in [-0.15, -0.1) is 10.2 Å². The Hall–Kier alpha value is -3.20. The second kappa shape index (κ2) is 9.53. The third-order valence-corrected chi connectivity index (χ3v) is 5.62. The van der Waals surface area contributed by atoms with Gasteiger partial charge in [0.15, 0.2) is 22.5 Å². The van der Waals surface area contributed by atoms with E-state index in [1.165, 1.54) is 11.8 Å². The van der Waals surface area contributed by atoms with Gasteiger partial charge in [0.2, 0.25) is 5.91 Å². The molecule has 0 saturated carbocycles. The standard InChI is InChI=1S/C21H24N4O4S/c1-13(20(26)22-15-7-9-16(27-3)10-8-15)30-21-24-23-19(25(21)2)14-6-11-17(28-4)18(12-14)29-5/h6-13H,1-5H3,(H,22,26)/t13-/m1/s1. The quantitative estimate of drug-likeness (QED) is 0.548. The topological polar surface area (TPSA) is 87.5 Å². The summed E-state index contributed by atoms with van der Waals surface area (Å²) in [6.07, 6.45) is 0. The second-order valence-electron chi connectivity index (χ2n) is 6.41. The van der Waals surface area contributed by atoms with Gasteiger partial charge in [0.25, 0.3) is 0 Å². The molecule has 0 aliphatic carbocycles. The van der Waals surface area contributed by atoms with Crippen LogP contribution in [0.15, 0.2) is 47.6 Å². The summed E-state index contributed by atoms with van der Waals surface area (Å²) in [5.41, 5.74) is 1.54. The third-order valence-electron chi connectivity index (χ3n) is 4.49. The van der Waals surface area contributed by atoms with Crippen LogP contribution in [0.5, 0.6) is 17.2 Å². The van der Waals surface area contributed by atoms with Gasteiger partial charge in [-0.05, 0) is 49.4 Å². The first kappa shape index (κ1) is 21.5. The Morgan fingerprint density at radius 3 is 2.33 bits per heavy atom. The first-order valence-electron chi connectivity index (χ1n) is 9.20. The van der Waals surface area contributed by atoms with Crippen LogP contribution < -0.4 is 19.5 Å². The van der Waals surface area contributed by atoms with Gasteiger partial charge in [-0.2, -0.15) is 0 Å². The fourth-order valence-corrected chi connectivity index (χ4v) is 3.59. The molecule has 3 rings (SSSR count). The molecule has 0 radical (unpaired) electrons. The van der Waals surface area contributed by atoms with Crippen molar-refractivity contribution in [3.05, 3.63) is 42.5 Å². The van der Waals surface area contributed by atoms with Crippen molar-refractivity contribution in [3.63, 3.8) is 0 Å². The van der Waals surface area contributed by atoms with Gasteiger partial charge in [0.1, 0.15) is 5.75 Å². The van der Waals surface area contributed by atoms with Crippen molar-refractivity contribution in [2.45, 2.75) is 17.3 Å². The summed E-state index contributed by atoms with van der Waals surface area (Å²) in [6.45, 7) is 1.83. The zero-order chi connectivity index (χ0) is 21.7. The van der Waals surface area contributed by atoms with Crippen LogP contribution in [0.25, 0.3) is 11.4 Å². The van der Waals surface area contributed by atoms with Crippen LogP contribution in [0, 0.1) is 0 Å². The Bertz CT molecular complexity index is 1020. The van der Waals surface area contributed by atoms with E-state index < -0.39 is 0 Å². The third kappa shape index (κ3) is 4.68. The molecule has 2 aromatic carbocycles.